The van der Waals surface area contributed by atoms with Crippen molar-refractivity contribution in [3.8, 4) is 5.75 Å². The summed E-state index contributed by atoms with van der Waals surface area (Å²) in [5.74, 6) is 0.351. The van der Waals surface area contributed by atoms with Crippen LogP contribution in [0, 0.1) is 6.92 Å². The topological polar surface area (TPSA) is 73.9 Å². The Morgan fingerprint density at radius 2 is 1.60 bits per heavy atom. The van der Waals surface area contributed by atoms with Crippen molar-refractivity contribution < 1.29 is 23.8 Å². The Morgan fingerprint density at radius 3 is 2.24 bits per heavy atom. The van der Waals surface area contributed by atoms with E-state index in [1.54, 1.807) is 25.1 Å². The summed E-state index contributed by atoms with van der Waals surface area (Å²) in [7, 11) is 0. The summed E-state index contributed by atoms with van der Waals surface area (Å²) in [6.07, 6.45) is 4.56. The molecule has 140 valence electrons. The molecule has 0 atom stereocenters. The van der Waals surface area contributed by atoms with Gasteiger partial charge in [-0.05, 0) is 31.9 Å². The minimum Gasteiger partial charge on any atom is -0.449 e. The van der Waals surface area contributed by atoms with Gasteiger partial charge in [-0.1, -0.05) is 45.6 Å². The molecule has 0 spiro atoms. The molecule has 25 heavy (non-hydrogen) atoms. The van der Waals surface area contributed by atoms with Crippen LogP contribution in [0.4, 0.5) is 15.3 Å². The van der Waals surface area contributed by atoms with Crippen molar-refractivity contribution in [2.75, 3.05) is 18.5 Å². The molecule has 0 fully saturated rings. The lowest BCUT2D eigenvalue weighted by Crippen LogP contribution is -2.16. The first-order valence-corrected chi connectivity index (χ1v) is 8.96. The fraction of sp³-hybridized carbons (Fsp3) is 0.579. The highest BCUT2D eigenvalue weighted by molar-refractivity contribution is 5.86. The Morgan fingerprint density at radius 1 is 0.960 bits per heavy atom. The first kappa shape index (κ1) is 20.8. The van der Waals surface area contributed by atoms with Crippen LogP contribution in [0.25, 0.3) is 0 Å². The summed E-state index contributed by atoms with van der Waals surface area (Å²) in [5.41, 5.74) is 1.18. The number of unbranched alkanes of at least 4 members (excludes halogenated alkanes) is 4. The molecule has 0 aliphatic heterocycles. The van der Waals surface area contributed by atoms with E-state index >= 15 is 0 Å². The van der Waals surface area contributed by atoms with E-state index in [2.05, 4.69) is 19.2 Å². The zero-order valence-corrected chi connectivity index (χ0v) is 15.4. The molecule has 1 aromatic carbocycles. The third-order valence-electron chi connectivity index (χ3n) is 3.66. The molecule has 1 aromatic rings. The van der Waals surface area contributed by atoms with Crippen LogP contribution < -0.4 is 10.1 Å². The Bertz CT molecular complexity index is 500. The van der Waals surface area contributed by atoms with Gasteiger partial charge in [-0.15, -0.1) is 0 Å². The lowest BCUT2D eigenvalue weighted by molar-refractivity contribution is 0.0972. The quantitative estimate of drug-likeness (QED) is 0.345. The Labute approximate surface area is 149 Å². The van der Waals surface area contributed by atoms with Gasteiger partial charge < -0.3 is 14.2 Å². The molecule has 0 unspecified atom stereocenters. The van der Waals surface area contributed by atoms with Crippen molar-refractivity contribution in [2.24, 2.45) is 0 Å². The van der Waals surface area contributed by atoms with Gasteiger partial charge in [-0.2, -0.15) is 0 Å². The third-order valence-corrected chi connectivity index (χ3v) is 3.66. The summed E-state index contributed by atoms with van der Waals surface area (Å²) in [4.78, 5) is 23.5. The molecule has 0 aromatic heterocycles. The van der Waals surface area contributed by atoms with Crippen molar-refractivity contribution in [2.45, 2.75) is 59.3 Å². The van der Waals surface area contributed by atoms with E-state index in [0.717, 1.165) is 38.5 Å². The fourth-order valence-corrected chi connectivity index (χ4v) is 2.15. The van der Waals surface area contributed by atoms with Gasteiger partial charge in [-0.3, -0.25) is 5.32 Å². The van der Waals surface area contributed by atoms with Gasteiger partial charge in [0, 0.05) is 5.56 Å². The number of rotatable bonds is 10. The van der Waals surface area contributed by atoms with Gasteiger partial charge >= 0.3 is 12.2 Å². The highest BCUT2D eigenvalue weighted by Crippen LogP contribution is 2.26. The summed E-state index contributed by atoms with van der Waals surface area (Å²) in [6, 6.07) is 5.07. The van der Waals surface area contributed by atoms with Crippen LogP contribution in [0.2, 0.25) is 0 Å². The van der Waals surface area contributed by atoms with E-state index < -0.39 is 12.2 Å². The first-order chi connectivity index (χ1) is 12.1. The van der Waals surface area contributed by atoms with Gasteiger partial charge in [0.2, 0.25) is 0 Å². The van der Waals surface area contributed by atoms with Crippen LogP contribution in [0.15, 0.2) is 18.2 Å². The zero-order valence-electron chi connectivity index (χ0n) is 15.4. The number of amides is 1. The maximum absolute atomic E-state index is 11.8. The molecule has 0 bridgehead atoms. The monoisotopic (exact) mass is 351 g/mol. The van der Waals surface area contributed by atoms with E-state index in [-0.39, 0.29) is 0 Å². The third kappa shape index (κ3) is 8.42. The number of ether oxygens (including phenoxy) is 3. The van der Waals surface area contributed by atoms with E-state index in [9.17, 15) is 9.59 Å². The number of anilines is 1. The van der Waals surface area contributed by atoms with Crippen molar-refractivity contribution >= 4 is 17.9 Å². The van der Waals surface area contributed by atoms with Gasteiger partial charge in [0.05, 0.1) is 18.9 Å². The van der Waals surface area contributed by atoms with Crippen LogP contribution in [0.1, 0.15) is 57.9 Å². The standard InChI is InChI=1S/C19H29NO5/c1-4-6-8-13-23-18(21)20-16-11-10-12-17(15(16)3)25-19(22)24-14-9-7-5-2/h10-12H,4-9,13-14H2,1-3H3,(H,20,21). The highest BCUT2D eigenvalue weighted by Gasteiger charge is 2.13. The second kappa shape index (κ2) is 12.2. The summed E-state index contributed by atoms with van der Waals surface area (Å²) in [5, 5.41) is 2.67. The van der Waals surface area contributed by atoms with Crippen molar-refractivity contribution in [1.29, 1.82) is 0 Å². The number of carbonyl (C=O) groups excluding carboxylic acids is 2. The maximum Gasteiger partial charge on any atom is 0.513 e. The van der Waals surface area contributed by atoms with Crippen molar-refractivity contribution in [1.82, 2.24) is 0 Å². The predicted molar refractivity (Wildman–Crippen MR) is 97.2 cm³/mol. The number of hydrogen-bond acceptors (Lipinski definition) is 5. The molecular weight excluding hydrogens is 322 g/mol. The van der Waals surface area contributed by atoms with Crippen LogP contribution in [-0.2, 0) is 9.47 Å². The lowest BCUT2D eigenvalue weighted by Gasteiger charge is -2.12. The smallest absolute Gasteiger partial charge is 0.449 e. The molecule has 0 radical (unpaired) electrons. The average molecular weight is 351 g/mol. The molecule has 0 aliphatic rings. The molecule has 1 amide bonds. The lowest BCUT2D eigenvalue weighted by atomic mass is 10.2. The van der Waals surface area contributed by atoms with Crippen LogP contribution in [0.3, 0.4) is 0 Å². The number of carbonyl (C=O) groups is 2. The van der Waals surface area contributed by atoms with Gasteiger partial charge in [0.15, 0.2) is 0 Å². The normalized spacial score (nSPS) is 10.2. The molecule has 6 nitrogen and oxygen atoms in total. The van der Waals surface area contributed by atoms with Crippen molar-refractivity contribution in [3.05, 3.63) is 23.8 Å². The van der Waals surface area contributed by atoms with Crippen LogP contribution in [0.5, 0.6) is 5.75 Å². The van der Waals surface area contributed by atoms with Crippen molar-refractivity contribution in [3.63, 3.8) is 0 Å². The Balaban J connectivity index is 2.51. The molecule has 0 heterocycles. The molecule has 0 aliphatic carbocycles. The first-order valence-electron chi connectivity index (χ1n) is 8.96. The molecule has 6 heteroatoms. The Hall–Kier alpha value is -2.24. The van der Waals surface area contributed by atoms with E-state index in [1.165, 1.54) is 0 Å². The highest BCUT2D eigenvalue weighted by atomic mass is 16.7. The van der Waals surface area contributed by atoms with E-state index in [0.29, 0.717) is 30.2 Å². The minimum atomic E-state index is -0.738. The second-order valence-corrected chi connectivity index (χ2v) is 5.80. The number of benzene rings is 1. The second-order valence-electron chi connectivity index (χ2n) is 5.80. The molecular formula is C19H29NO5. The molecule has 0 saturated heterocycles. The average Bonchev–Trinajstić information content (AvgIpc) is 2.59. The number of hydrogen-bond donors (Lipinski definition) is 1. The summed E-state index contributed by atoms with van der Waals surface area (Å²) < 4.78 is 15.4. The molecule has 1 rings (SSSR count). The SMILES string of the molecule is CCCCCOC(=O)Nc1cccc(OC(=O)OCCCCC)c1C. The molecule has 0 saturated carbocycles. The Kier molecular flexibility index (Phi) is 10.1. The molecule has 1 N–H and O–H groups in total. The van der Waals surface area contributed by atoms with Crippen LogP contribution in [-0.4, -0.2) is 25.5 Å². The van der Waals surface area contributed by atoms with Crippen LogP contribution >= 0.6 is 0 Å². The van der Waals surface area contributed by atoms with Gasteiger partial charge in [-0.25, -0.2) is 9.59 Å². The van der Waals surface area contributed by atoms with Gasteiger partial charge in [0.1, 0.15) is 5.75 Å². The van der Waals surface area contributed by atoms with E-state index in [1.807, 2.05) is 0 Å². The zero-order chi connectivity index (χ0) is 18.5. The van der Waals surface area contributed by atoms with E-state index in [4.69, 9.17) is 14.2 Å². The van der Waals surface area contributed by atoms with Gasteiger partial charge in [0.25, 0.3) is 0 Å². The fourth-order valence-electron chi connectivity index (χ4n) is 2.15. The maximum atomic E-state index is 11.8. The summed E-state index contributed by atoms with van der Waals surface area (Å²) in [6.45, 7) is 6.65. The number of nitrogens with one attached hydrogen (secondary N) is 1. The minimum absolute atomic E-state index is 0.341. The summed E-state index contributed by atoms with van der Waals surface area (Å²) >= 11 is 0. The predicted octanol–water partition coefficient (Wildman–Crippen LogP) is 5.44. The largest absolute Gasteiger partial charge is 0.513 e.